The zero-order valence-electron chi connectivity index (χ0n) is 11.7. The van der Waals surface area contributed by atoms with E-state index in [-0.39, 0.29) is 11.3 Å². The smallest absolute Gasteiger partial charge is 0.227 e. The molecule has 0 bridgehead atoms. The molecule has 1 aromatic carbocycles. The summed E-state index contributed by atoms with van der Waals surface area (Å²) in [7, 11) is 1.67. The molecule has 1 aliphatic rings. The molecule has 4 nitrogen and oxygen atoms in total. The first-order valence-electron chi connectivity index (χ1n) is 6.48. The van der Waals surface area contributed by atoms with Crippen molar-refractivity contribution >= 4 is 11.6 Å². The molecular weight excluding hydrogens is 238 g/mol. The standard InChI is InChI=1S/C15H19N3O/c1-11-4-5-13(12(8-11)9-16)18-7-6-15(2,10-18)14(19)17-3/h4-5,8H,6-7,10H2,1-3H3,(H,17,19). The van der Waals surface area contributed by atoms with Gasteiger partial charge >= 0.3 is 0 Å². The second-order valence-corrected chi connectivity index (χ2v) is 5.44. The molecule has 1 heterocycles. The highest BCUT2D eigenvalue weighted by Gasteiger charge is 2.40. The molecule has 1 fully saturated rings. The van der Waals surface area contributed by atoms with Gasteiger partial charge in [0, 0.05) is 20.1 Å². The van der Waals surface area contributed by atoms with E-state index >= 15 is 0 Å². The normalized spacial score (nSPS) is 22.1. The Kier molecular flexibility index (Phi) is 3.48. The predicted octanol–water partition coefficient (Wildman–Crippen LogP) is 1.83. The van der Waals surface area contributed by atoms with Crippen molar-refractivity contribution in [1.29, 1.82) is 5.26 Å². The average Bonchev–Trinajstić information content (AvgIpc) is 2.81. The molecule has 0 spiro atoms. The van der Waals surface area contributed by atoms with Crippen LogP contribution in [0.25, 0.3) is 0 Å². The van der Waals surface area contributed by atoms with Gasteiger partial charge < -0.3 is 10.2 Å². The van der Waals surface area contributed by atoms with Gasteiger partial charge in [-0.15, -0.1) is 0 Å². The van der Waals surface area contributed by atoms with E-state index in [0.29, 0.717) is 12.1 Å². The van der Waals surface area contributed by atoms with E-state index in [1.807, 2.05) is 32.0 Å². The lowest BCUT2D eigenvalue weighted by atomic mass is 9.89. The number of hydrogen-bond acceptors (Lipinski definition) is 3. The number of carbonyl (C=O) groups excluding carboxylic acids is 1. The molecule has 1 aromatic rings. The van der Waals surface area contributed by atoms with Gasteiger partial charge in [-0.2, -0.15) is 5.26 Å². The van der Waals surface area contributed by atoms with Crippen molar-refractivity contribution in [3.63, 3.8) is 0 Å². The van der Waals surface area contributed by atoms with E-state index in [1.165, 1.54) is 0 Å². The summed E-state index contributed by atoms with van der Waals surface area (Å²) >= 11 is 0. The second-order valence-electron chi connectivity index (χ2n) is 5.44. The number of rotatable bonds is 2. The Hall–Kier alpha value is -2.02. The van der Waals surface area contributed by atoms with Gasteiger partial charge in [0.25, 0.3) is 0 Å². The van der Waals surface area contributed by atoms with Crippen LogP contribution in [0.15, 0.2) is 18.2 Å². The third-order valence-electron chi connectivity index (χ3n) is 3.86. The van der Waals surface area contributed by atoms with Crippen molar-refractivity contribution < 1.29 is 4.79 Å². The highest BCUT2D eigenvalue weighted by Crippen LogP contribution is 2.34. The third kappa shape index (κ3) is 2.41. The molecule has 0 aromatic heterocycles. The zero-order valence-corrected chi connectivity index (χ0v) is 11.7. The molecule has 1 saturated heterocycles. The summed E-state index contributed by atoms with van der Waals surface area (Å²) in [5.74, 6) is 0.0700. The molecule has 19 heavy (non-hydrogen) atoms. The van der Waals surface area contributed by atoms with Crippen LogP contribution in [0.5, 0.6) is 0 Å². The maximum Gasteiger partial charge on any atom is 0.227 e. The molecule has 0 saturated carbocycles. The largest absolute Gasteiger partial charge is 0.369 e. The number of anilines is 1. The topological polar surface area (TPSA) is 56.1 Å². The quantitative estimate of drug-likeness (QED) is 0.879. The van der Waals surface area contributed by atoms with Crippen molar-refractivity contribution in [3.05, 3.63) is 29.3 Å². The summed E-state index contributed by atoms with van der Waals surface area (Å²) in [5, 5.41) is 12.0. The lowest BCUT2D eigenvalue weighted by molar-refractivity contribution is -0.128. The van der Waals surface area contributed by atoms with Crippen LogP contribution in [0.2, 0.25) is 0 Å². The average molecular weight is 257 g/mol. The van der Waals surface area contributed by atoms with E-state index in [4.69, 9.17) is 0 Å². The minimum Gasteiger partial charge on any atom is -0.369 e. The van der Waals surface area contributed by atoms with Gasteiger partial charge in [-0.05, 0) is 38.0 Å². The van der Waals surface area contributed by atoms with Gasteiger partial charge in [0.2, 0.25) is 5.91 Å². The molecule has 1 N–H and O–H groups in total. The Morgan fingerprint density at radius 2 is 2.26 bits per heavy atom. The summed E-state index contributed by atoms with van der Waals surface area (Å²) in [6.45, 7) is 5.42. The van der Waals surface area contributed by atoms with Crippen LogP contribution in [0.1, 0.15) is 24.5 Å². The molecule has 1 atom stereocenters. The highest BCUT2D eigenvalue weighted by molar-refractivity contribution is 5.83. The summed E-state index contributed by atoms with van der Waals surface area (Å²) in [6.07, 6.45) is 0.811. The molecule has 0 radical (unpaired) electrons. The Labute approximate surface area is 114 Å². The van der Waals surface area contributed by atoms with Crippen molar-refractivity contribution in [2.24, 2.45) is 5.41 Å². The molecule has 1 unspecified atom stereocenters. The SMILES string of the molecule is CNC(=O)C1(C)CCN(c2ccc(C)cc2C#N)C1. The molecule has 1 aliphatic heterocycles. The van der Waals surface area contributed by atoms with Gasteiger partial charge in [-0.1, -0.05) is 6.07 Å². The maximum atomic E-state index is 11.9. The Balaban J connectivity index is 2.27. The van der Waals surface area contributed by atoms with Crippen molar-refractivity contribution in [1.82, 2.24) is 5.32 Å². The first-order chi connectivity index (χ1) is 9.00. The summed E-state index contributed by atoms with van der Waals surface area (Å²) in [4.78, 5) is 14.1. The van der Waals surface area contributed by atoms with Gasteiger partial charge in [0.1, 0.15) is 6.07 Å². The van der Waals surface area contributed by atoms with Crippen molar-refractivity contribution in [2.45, 2.75) is 20.3 Å². The Morgan fingerprint density at radius 1 is 1.53 bits per heavy atom. The molecule has 4 heteroatoms. The van der Waals surface area contributed by atoms with Crippen LogP contribution < -0.4 is 10.2 Å². The number of aryl methyl sites for hydroxylation is 1. The van der Waals surface area contributed by atoms with E-state index in [9.17, 15) is 10.1 Å². The number of carbonyl (C=O) groups is 1. The first kappa shape index (κ1) is 13.4. The van der Waals surface area contributed by atoms with Gasteiger partial charge in [-0.25, -0.2) is 0 Å². The van der Waals surface area contributed by atoms with Gasteiger partial charge in [-0.3, -0.25) is 4.79 Å². The van der Waals surface area contributed by atoms with Crippen LogP contribution >= 0.6 is 0 Å². The lowest BCUT2D eigenvalue weighted by Gasteiger charge is -2.24. The van der Waals surface area contributed by atoms with E-state index in [0.717, 1.165) is 24.2 Å². The lowest BCUT2D eigenvalue weighted by Crippen LogP contribution is -2.39. The van der Waals surface area contributed by atoms with Gasteiger partial charge in [0.15, 0.2) is 0 Å². The fourth-order valence-electron chi connectivity index (χ4n) is 2.67. The second kappa shape index (κ2) is 4.93. The molecule has 0 aliphatic carbocycles. The molecular formula is C15H19N3O. The highest BCUT2D eigenvalue weighted by atomic mass is 16.2. The summed E-state index contributed by atoms with van der Waals surface area (Å²) in [5.41, 5.74) is 2.32. The maximum absolute atomic E-state index is 11.9. The van der Waals surface area contributed by atoms with E-state index in [1.54, 1.807) is 7.05 Å². The number of hydrogen-bond donors (Lipinski definition) is 1. The fraction of sp³-hybridized carbons (Fsp3) is 0.467. The minimum atomic E-state index is -0.369. The molecule has 100 valence electrons. The van der Waals surface area contributed by atoms with Crippen molar-refractivity contribution in [3.8, 4) is 6.07 Å². The number of nitriles is 1. The van der Waals surface area contributed by atoms with Crippen LogP contribution in [0.3, 0.4) is 0 Å². The van der Waals surface area contributed by atoms with Crippen LogP contribution in [0.4, 0.5) is 5.69 Å². The monoisotopic (exact) mass is 257 g/mol. The first-order valence-corrected chi connectivity index (χ1v) is 6.48. The minimum absolute atomic E-state index is 0.0700. The van der Waals surface area contributed by atoms with Crippen LogP contribution in [-0.2, 0) is 4.79 Å². The fourth-order valence-corrected chi connectivity index (χ4v) is 2.67. The van der Waals surface area contributed by atoms with Gasteiger partial charge in [0.05, 0.1) is 16.7 Å². The number of nitrogens with one attached hydrogen (secondary N) is 1. The van der Waals surface area contributed by atoms with Crippen molar-refractivity contribution in [2.75, 3.05) is 25.0 Å². The number of amides is 1. The Bertz CT molecular complexity index is 547. The molecule has 2 rings (SSSR count). The predicted molar refractivity (Wildman–Crippen MR) is 74.9 cm³/mol. The van der Waals surface area contributed by atoms with Crippen LogP contribution in [-0.4, -0.2) is 26.0 Å². The van der Waals surface area contributed by atoms with E-state index in [2.05, 4.69) is 16.3 Å². The molecule has 1 amide bonds. The zero-order chi connectivity index (χ0) is 14.0. The third-order valence-corrected chi connectivity index (χ3v) is 3.86. The summed E-state index contributed by atoms with van der Waals surface area (Å²) < 4.78 is 0. The number of nitrogens with zero attached hydrogens (tertiary/aromatic N) is 2. The number of benzene rings is 1. The van der Waals surface area contributed by atoms with Crippen LogP contribution in [0, 0.1) is 23.7 Å². The summed E-state index contributed by atoms with van der Waals surface area (Å²) in [6, 6.07) is 8.12. The Morgan fingerprint density at radius 3 is 2.89 bits per heavy atom. The van der Waals surface area contributed by atoms with E-state index < -0.39 is 0 Å².